The van der Waals surface area contributed by atoms with Crippen molar-refractivity contribution in [2.24, 2.45) is 0 Å². The fraction of sp³-hybridized carbons (Fsp3) is 0.600. The Labute approximate surface area is 121 Å². The molecule has 0 amide bonds. The number of likely N-dealkylation sites (N-methyl/N-ethyl adjacent to an activating group) is 1. The Balaban J connectivity index is 1.83. The van der Waals surface area contributed by atoms with Crippen molar-refractivity contribution in [1.29, 1.82) is 0 Å². The van der Waals surface area contributed by atoms with Crippen molar-refractivity contribution in [2.45, 2.75) is 38.6 Å². The van der Waals surface area contributed by atoms with E-state index in [4.69, 9.17) is 17.3 Å². The van der Waals surface area contributed by atoms with Gasteiger partial charge in [-0.3, -0.25) is 0 Å². The zero-order valence-electron chi connectivity index (χ0n) is 11.9. The van der Waals surface area contributed by atoms with Crippen molar-refractivity contribution < 1.29 is 0 Å². The summed E-state index contributed by atoms with van der Waals surface area (Å²) in [6.07, 6.45) is 5.47. The predicted octanol–water partition coefficient (Wildman–Crippen LogP) is 3.52. The Morgan fingerprint density at radius 2 is 2.05 bits per heavy atom. The van der Waals surface area contributed by atoms with E-state index in [-0.39, 0.29) is 0 Å². The molecule has 4 heteroatoms. The molecule has 2 rings (SSSR count). The van der Waals surface area contributed by atoms with Crippen molar-refractivity contribution >= 4 is 23.0 Å². The lowest BCUT2D eigenvalue weighted by Crippen LogP contribution is -2.33. The number of nitrogen functional groups attached to an aromatic ring is 1. The molecule has 1 aromatic rings. The highest BCUT2D eigenvalue weighted by Gasteiger charge is 2.18. The van der Waals surface area contributed by atoms with E-state index < -0.39 is 0 Å². The molecule has 0 aliphatic heterocycles. The van der Waals surface area contributed by atoms with Crippen molar-refractivity contribution in [2.75, 3.05) is 31.2 Å². The summed E-state index contributed by atoms with van der Waals surface area (Å²) < 4.78 is 0. The van der Waals surface area contributed by atoms with Crippen LogP contribution in [-0.4, -0.2) is 31.1 Å². The first kappa shape index (κ1) is 14.5. The maximum absolute atomic E-state index is 6.06. The average molecular weight is 282 g/mol. The number of benzene rings is 1. The van der Waals surface area contributed by atoms with E-state index in [9.17, 15) is 0 Å². The van der Waals surface area contributed by atoms with Crippen LogP contribution in [0.15, 0.2) is 12.1 Å². The monoisotopic (exact) mass is 281 g/mol. The fourth-order valence-corrected chi connectivity index (χ4v) is 2.95. The quantitative estimate of drug-likeness (QED) is 0.812. The van der Waals surface area contributed by atoms with Crippen molar-refractivity contribution in [3.8, 4) is 0 Å². The number of hydrogen-bond donors (Lipinski definition) is 2. The van der Waals surface area contributed by atoms with E-state index in [1.807, 2.05) is 12.1 Å². The second kappa shape index (κ2) is 6.49. The van der Waals surface area contributed by atoms with Gasteiger partial charge in [-0.25, -0.2) is 0 Å². The first-order chi connectivity index (χ1) is 9.08. The molecule has 0 radical (unpaired) electrons. The van der Waals surface area contributed by atoms with Crippen molar-refractivity contribution in [1.82, 2.24) is 4.90 Å². The molecule has 1 aliphatic carbocycles. The van der Waals surface area contributed by atoms with Crippen LogP contribution in [0.2, 0.25) is 5.02 Å². The molecule has 0 aromatic heterocycles. The van der Waals surface area contributed by atoms with Crippen LogP contribution in [0.1, 0.15) is 31.2 Å². The molecule has 1 aromatic carbocycles. The van der Waals surface area contributed by atoms with Gasteiger partial charge in [0, 0.05) is 24.8 Å². The van der Waals surface area contributed by atoms with Gasteiger partial charge >= 0.3 is 0 Å². The van der Waals surface area contributed by atoms with Gasteiger partial charge in [0.05, 0.1) is 10.7 Å². The number of hydrogen-bond acceptors (Lipinski definition) is 3. The highest BCUT2D eigenvalue weighted by molar-refractivity contribution is 6.33. The Morgan fingerprint density at radius 3 is 2.74 bits per heavy atom. The van der Waals surface area contributed by atoms with E-state index in [2.05, 4.69) is 24.2 Å². The summed E-state index contributed by atoms with van der Waals surface area (Å²) in [5.41, 5.74) is 8.65. The third-order valence-corrected chi connectivity index (χ3v) is 4.40. The third-order valence-electron chi connectivity index (χ3n) is 4.07. The second-order valence-corrected chi connectivity index (χ2v) is 5.94. The number of anilines is 2. The molecular weight excluding hydrogens is 258 g/mol. The standard InChI is InChI=1S/C15H24ClN3/c1-11-9-14(17)13(16)10-15(11)18-7-8-19(2)12-5-3-4-6-12/h9-10,12,18H,3-8,17H2,1-2H3. The lowest BCUT2D eigenvalue weighted by Gasteiger charge is -2.24. The van der Waals surface area contributed by atoms with Gasteiger partial charge in [-0.2, -0.15) is 0 Å². The number of halogens is 1. The maximum atomic E-state index is 6.06. The first-order valence-corrected chi connectivity index (χ1v) is 7.45. The SMILES string of the molecule is Cc1cc(N)c(Cl)cc1NCCN(C)C1CCCC1. The van der Waals surface area contributed by atoms with Gasteiger partial charge in [0.1, 0.15) is 0 Å². The summed E-state index contributed by atoms with van der Waals surface area (Å²) in [7, 11) is 2.22. The number of aryl methyl sites for hydroxylation is 1. The van der Waals surface area contributed by atoms with E-state index in [1.165, 1.54) is 25.7 Å². The van der Waals surface area contributed by atoms with Gasteiger partial charge < -0.3 is 16.0 Å². The third kappa shape index (κ3) is 3.77. The minimum atomic E-state index is 0.622. The van der Waals surface area contributed by atoms with Crippen LogP contribution >= 0.6 is 11.6 Å². The zero-order valence-corrected chi connectivity index (χ0v) is 12.6. The fourth-order valence-electron chi connectivity index (χ4n) is 2.79. The molecule has 0 bridgehead atoms. The molecule has 1 aliphatic rings. The molecule has 1 fully saturated rings. The van der Waals surface area contributed by atoms with Crippen molar-refractivity contribution in [3.63, 3.8) is 0 Å². The minimum absolute atomic E-state index is 0.622. The molecular formula is C15H24ClN3. The molecule has 0 saturated heterocycles. The molecule has 19 heavy (non-hydrogen) atoms. The minimum Gasteiger partial charge on any atom is -0.398 e. The Morgan fingerprint density at radius 1 is 1.37 bits per heavy atom. The van der Waals surface area contributed by atoms with Gasteiger partial charge in [0.2, 0.25) is 0 Å². The number of nitrogens with two attached hydrogens (primary N) is 1. The summed E-state index contributed by atoms with van der Waals surface area (Å²) in [5, 5.41) is 4.08. The van der Waals surface area contributed by atoms with Gasteiger partial charge in [-0.15, -0.1) is 0 Å². The normalized spacial score (nSPS) is 16.2. The van der Waals surface area contributed by atoms with Crippen LogP contribution < -0.4 is 11.1 Å². The van der Waals surface area contributed by atoms with E-state index in [0.29, 0.717) is 10.7 Å². The molecule has 3 nitrogen and oxygen atoms in total. The summed E-state index contributed by atoms with van der Waals surface area (Å²) in [4.78, 5) is 2.47. The van der Waals surface area contributed by atoms with Gasteiger partial charge in [0.25, 0.3) is 0 Å². The van der Waals surface area contributed by atoms with E-state index in [1.54, 1.807) is 0 Å². The summed E-state index contributed by atoms with van der Waals surface area (Å²) in [6.45, 7) is 4.05. The smallest absolute Gasteiger partial charge is 0.0656 e. The maximum Gasteiger partial charge on any atom is 0.0656 e. The highest BCUT2D eigenvalue weighted by Crippen LogP contribution is 2.26. The summed E-state index contributed by atoms with van der Waals surface area (Å²) in [5.74, 6) is 0. The molecule has 0 heterocycles. The molecule has 0 spiro atoms. The Hall–Kier alpha value is -0.930. The van der Waals surface area contributed by atoms with Crippen LogP contribution in [0.5, 0.6) is 0 Å². The highest BCUT2D eigenvalue weighted by atomic mass is 35.5. The van der Waals surface area contributed by atoms with Crippen molar-refractivity contribution in [3.05, 3.63) is 22.7 Å². The van der Waals surface area contributed by atoms with Crippen LogP contribution in [0.25, 0.3) is 0 Å². The molecule has 1 saturated carbocycles. The van der Waals surface area contributed by atoms with Crippen LogP contribution in [0, 0.1) is 6.92 Å². The molecule has 0 atom stereocenters. The predicted molar refractivity (Wildman–Crippen MR) is 84.0 cm³/mol. The largest absolute Gasteiger partial charge is 0.398 e. The number of rotatable bonds is 5. The Kier molecular flexibility index (Phi) is 4.94. The van der Waals surface area contributed by atoms with Gasteiger partial charge in [0.15, 0.2) is 0 Å². The lowest BCUT2D eigenvalue weighted by atomic mass is 10.1. The summed E-state index contributed by atoms with van der Waals surface area (Å²) >= 11 is 6.06. The van der Waals surface area contributed by atoms with Crippen LogP contribution in [0.4, 0.5) is 11.4 Å². The first-order valence-electron chi connectivity index (χ1n) is 7.07. The average Bonchev–Trinajstić information content (AvgIpc) is 2.89. The summed E-state index contributed by atoms with van der Waals surface area (Å²) in [6, 6.07) is 4.62. The Bertz CT molecular complexity index is 428. The van der Waals surface area contributed by atoms with Crippen LogP contribution in [0.3, 0.4) is 0 Å². The van der Waals surface area contributed by atoms with Gasteiger partial charge in [-0.1, -0.05) is 24.4 Å². The molecule has 0 unspecified atom stereocenters. The second-order valence-electron chi connectivity index (χ2n) is 5.53. The lowest BCUT2D eigenvalue weighted by molar-refractivity contribution is 0.254. The number of nitrogens with zero attached hydrogens (tertiary/aromatic N) is 1. The molecule has 3 N–H and O–H groups in total. The van der Waals surface area contributed by atoms with Gasteiger partial charge in [-0.05, 0) is 44.5 Å². The van der Waals surface area contributed by atoms with Crippen LogP contribution in [-0.2, 0) is 0 Å². The van der Waals surface area contributed by atoms with E-state index >= 15 is 0 Å². The number of nitrogens with one attached hydrogen (secondary N) is 1. The zero-order chi connectivity index (χ0) is 13.8. The molecule has 106 valence electrons. The topological polar surface area (TPSA) is 41.3 Å². The van der Waals surface area contributed by atoms with E-state index in [0.717, 1.165) is 30.4 Å².